The van der Waals surface area contributed by atoms with Crippen molar-refractivity contribution < 1.29 is 4.74 Å². The second-order valence-corrected chi connectivity index (χ2v) is 5.70. The number of aryl methyl sites for hydroxylation is 1. The lowest BCUT2D eigenvalue weighted by Gasteiger charge is -2.34. The first-order chi connectivity index (χ1) is 10.8. The molecule has 1 fully saturated rings. The van der Waals surface area contributed by atoms with E-state index in [2.05, 4.69) is 36.0 Å². The molecule has 0 radical (unpaired) electrons. The van der Waals surface area contributed by atoms with Crippen LogP contribution >= 0.6 is 11.5 Å². The van der Waals surface area contributed by atoms with Crippen molar-refractivity contribution in [3.05, 3.63) is 18.2 Å². The van der Waals surface area contributed by atoms with Crippen LogP contribution in [0.15, 0.2) is 12.4 Å². The SMILES string of the molecule is CCOc1cc(N2CCN(c3nc(CC)ns3)CC2)ncn1. The van der Waals surface area contributed by atoms with Gasteiger partial charge in [-0.25, -0.2) is 15.0 Å². The van der Waals surface area contributed by atoms with Gasteiger partial charge in [-0.1, -0.05) is 6.92 Å². The van der Waals surface area contributed by atoms with Gasteiger partial charge in [-0.3, -0.25) is 0 Å². The number of rotatable bonds is 5. The Morgan fingerprint density at radius 3 is 2.59 bits per heavy atom. The van der Waals surface area contributed by atoms with Crippen molar-refractivity contribution in [3.8, 4) is 5.88 Å². The highest BCUT2D eigenvalue weighted by molar-refractivity contribution is 7.09. The number of ether oxygens (including phenoxy) is 1. The van der Waals surface area contributed by atoms with E-state index in [9.17, 15) is 0 Å². The lowest BCUT2D eigenvalue weighted by molar-refractivity contribution is 0.326. The molecular weight excluding hydrogens is 300 g/mol. The number of anilines is 2. The summed E-state index contributed by atoms with van der Waals surface area (Å²) in [5.41, 5.74) is 0. The molecule has 0 spiro atoms. The van der Waals surface area contributed by atoms with Gasteiger partial charge in [-0.2, -0.15) is 4.37 Å². The molecule has 1 saturated heterocycles. The Labute approximate surface area is 134 Å². The van der Waals surface area contributed by atoms with E-state index in [4.69, 9.17) is 4.74 Å². The van der Waals surface area contributed by atoms with Crippen LogP contribution in [0.2, 0.25) is 0 Å². The summed E-state index contributed by atoms with van der Waals surface area (Å²) in [6.45, 7) is 8.30. The lowest BCUT2D eigenvalue weighted by Crippen LogP contribution is -2.46. The molecular formula is C14H20N6OS. The molecule has 8 heteroatoms. The summed E-state index contributed by atoms with van der Waals surface area (Å²) < 4.78 is 9.80. The van der Waals surface area contributed by atoms with Crippen molar-refractivity contribution >= 4 is 22.5 Å². The molecule has 0 N–H and O–H groups in total. The number of piperazine rings is 1. The van der Waals surface area contributed by atoms with E-state index in [-0.39, 0.29) is 0 Å². The summed E-state index contributed by atoms with van der Waals surface area (Å²) in [6.07, 6.45) is 2.45. The van der Waals surface area contributed by atoms with Crippen LogP contribution in [-0.2, 0) is 6.42 Å². The smallest absolute Gasteiger partial charge is 0.218 e. The third-order valence-corrected chi connectivity index (χ3v) is 4.38. The molecule has 0 atom stereocenters. The zero-order chi connectivity index (χ0) is 15.4. The third-order valence-electron chi connectivity index (χ3n) is 3.57. The molecule has 0 aromatic carbocycles. The maximum absolute atomic E-state index is 5.44. The summed E-state index contributed by atoms with van der Waals surface area (Å²) in [7, 11) is 0. The van der Waals surface area contributed by atoms with Gasteiger partial charge in [0, 0.05) is 50.2 Å². The molecule has 1 aliphatic rings. The van der Waals surface area contributed by atoms with Crippen molar-refractivity contribution in [3.63, 3.8) is 0 Å². The first-order valence-electron chi connectivity index (χ1n) is 7.57. The number of nitrogens with zero attached hydrogens (tertiary/aromatic N) is 6. The molecule has 3 heterocycles. The zero-order valence-corrected chi connectivity index (χ0v) is 13.7. The molecule has 118 valence electrons. The van der Waals surface area contributed by atoms with Crippen LogP contribution in [-0.4, -0.2) is 52.1 Å². The fourth-order valence-electron chi connectivity index (χ4n) is 2.37. The van der Waals surface area contributed by atoms with Gasteiger partial charge in [0.1, 0.15) is 18.0 Å². The van der Waals surface area contributed by atoms with Crippen LogP contribution in [0.5, 0.6) is 5.88 Å². The second-order valence-electron chi connectivity index (χ2n) is 4.97. The minimum absolute atomic E-state index is 0.612. The monoisotopic (exact) mass is 320 g/mol. The minimum Gasteiger partial charge on any atom is -0.478 e. The van der Waals surface area contributed by atoms with Crippen LogP contribution in [0, 0.1) is 0 Å². The van der Waals surface area contributed by atoms with Crippen LogP contribution in [0.1, 0.15) is 19.7 Å². The Bertz CT molecular complexity index is 611. The quantitative estimate of drug-likeness (QED) is 0.829. The average Bonchev–Trinajstić information content (AvgIpc) is 3.05. The Kier molecular flexibility index (Phi) is 4.67. The molecule has 7 nitrogen and oxygen atoms in total. The Hall–Kier alpha value is -1.96. The van der Waals surface area contributed by atoms with Gasteiger partial charge in [-0.05, 0) is 6.92 Å². The molecule has 0 saturated carbocycles. The molecule has 0 aliphatic carbocycles. The summed E-state index contributed by atoms with van der Waals surface area (Å²) in [5.74, 6) is 2.48. The summed E-state index contributed by atoms with van der Waals surface area (Å²) >= 11 is 1.49. The third kappa shape index (κ3) is 3.27. The fraction of sp³-hybridized carbons (Fsp3) is 0.571. The molecule has 3 rings (SSSR count). The van der Waals surface area contributed by atoms with Crippen LogP contribution in [0.4, 0.5) is 10.9 Å². The predicted molar refractivity (Wildman–Crippen MR) is 86.9 cm³/mol. The Balaban J connectivity index is 1.62. The molecule has 22 heavy (non-hydrogen) atoms. The van der Waals surface area contributed by atoms with Crippen molar-refractivity contribution in [2.45, 2.75) is 20.3 Å². The van der Waals surface area contributed by atoms with Gasteiger partial charge in [0.15, 0.2) is 0 Å². The maximum atomic E-state index is 5.44. The predicted octanol–water partition coefficient (Wildman–Crippen LogP) is 1.62. The van der Waals surface area contributed by atoms with E-state index in [1.165, 1.54) is 11.5 Å². The van der Waals surface area contributed by atoms with Gasteiger partial charge < -0.3 is 14.5 Å². The normalized spacial score (nSPS) is 15.2. The minimum atomic E-state index is 0.612. The maximum Gasteiger partial charge on any atom is 0.218 e. The first kappa shape index (κ1) is 15.0. The first-order valence-corrected chi connectivity index (χ1v) is 8.34. The summed E-state index contributed by atoms with van der Waals surface area (Å²) in [6, 6.07) is 1.90. The molecule has 2 aromatic heterocycles. The van der Waals surface area contributed by atoms with Gasteiger partial charge in [0.25, 0.3) is 0 Å². The molecule has 0 amide bonds. The van der Waals surface area contributed by atoms with Gasteiger partial charge >= 0.3 is 0 Å². The van der Waals surface area contributed by atoms with Gasteiger partial charge in [0.05, 0.1) is 6.61 Å². The highest BCUT2D eigenvalue weighted by atomic mass is 32.1. The lowest BCUT2D eigenvalue weighted by atomic mass is 10.3. The Morgan fingerprint density at radius 1 is 1.14 bits per heavy atom. The molecule has 1 aliphatic heterocycles. The van der Waals surface area contributed by atoms with Crippen molar-refractivity contribution in [2.75, 3.05) is 42.6 Å². The second kappa shape index (κ2) is 6.87. The summed E-state index contributed by atoms with van der Waals surface area (Å²) in [5, 5.41) is 1.02. The van der Waals surface area contributed by atoms with Crippen LogP contribution in [0.25, 0.3) is 0 Å². The molecule has 2 aromatic rings. The van der Waals surface area contributed by atoms with E-state index in [0.29, 0.717) is 12.5 Å². The number of hydrogen-bond acceptors (Lipinski definition) is 8. The highest BCUT2D eigenvalue weighted by Gasteiger charge is 2.21. The standard InChI is InChI=1S/C14H20N6OS/c1-3-11-17-14(22-18-11)20-7-5-19(6-8-20)12-9-13(21-4-2)16-10-15-12/h9-10H,3-8H2,1-2H3. The van der Waals surface area contributed by atoms with E-state index in [1.807, 2.05) is 13.0 Å². The molecule has 0 unspecified atom stereocenters. The Morgan fingerprint density at radius 2 is 1.91 bits per heavy atom. The summed E-state index contributed by atoms with van der Waals surface area (Å²) in [4.78, 5) is 17.6. The average molecular weight is 320 g/mol. The largest absolute Gasteiger partial charge is 0.478 e. The number of hydrogen-bond donors (Lipinski definition) is 0. The van der Waals surface area contributed by atoms with E-state index >= 15 is 0 Å². The van der Waals surface area contributed by atoms with Crippen molar-refractivity contribution in [2.24, 2.45) is 0 Å². The number of aromatic nitrogens is 4. The zero-order valence-electron chi connectivity index (χ0n) is 12.9. The van der Waals surface area contributed by atoms with Gasteiger partial charge in [0.2, 0.25) is 11.0 Å². The van der Waals surface area contributed by atoms with Gasteiger partial charge in [-0.15, -0.1) is 0 Å². The van der Waals surface area contributed by atoms with E-state index in [0.717, 1.165) is 49.4 Å². The van der Waals surface area contributed by atoms with Crippen molar-refractivity contribution in [1.82, 2.24) is 19.3 Å². The van der Waals surface area contributed by atoms with E-state index < -0.39 is 0 Å². The van der Waals surface area contributed by atoms with Crippen LogP contribution in [0.3, 0.4) is 0 Å². The van der Waals surface area contributed by atoms with E-state index in [1.54, 1.807) is 6.33 Å². The van der Waals surface area contributed by atoms with Crippen LogP contribution < -0.4 is 14.5 Å². The molecule has 0 bridgehead atoms. The highest BCUT2D eigenvalue weighted by Crippen LogP contribution is 2.22. The topological polar surface area (TPSA) is 67.3 Å². The van der Waals surface area contributed by atoms with Crippen molar-refractivity contribution in [1.29, 1.82) is 0 Å². The fourth-order valence-corrected chi connectivity index (χ4v) is 3.17.